The molecule has 0 aliphatic rings. The lowest BCUT2D eigenvalue weighted by molar-refractivity contribution is -0.147. The Morgan fingerprint density at radius 3 is 2.53 bits per heavy atom. The van der Waals surface area contributed by atoms with Gasteiger partial charge in [-0.1, -0.05) is 22.9 Å². The Morgan fingerprint density at radius 1 is 1.42 bits per heavy atom. The highest BCUT2D eigenvalue weighted by atomic mass is 79.9. The van der Waals surface area contributed by atoms with Gasteiger partial charge in [0.05, 0.1) is 11.0 Å². The Balaban J connectivity index is 2.78. The van der Waals surface area contributed by atoms with Crippen LogP contribution in [0.3, 0.4) is 0 Å². The Kier molecular flexibility index (Phi) is 4.94. The van der Waals surface area contributed by atoms with Crippen LogP contribution in [0, 0.1) is 5.41 Å². The van der Waals surface area contributed by atoms with Crippen molar-refractivity contribution in [3.63, 3.8) is 0 Å². The van der Waals surface area contributed by atoms with E-state index in [2.05, 4.69) is 21.2 Å². The number of amides is 1. The van der Waals surface area contributed by atoms with Gasteiger partial charge in [0.15, 0.2) is 0 Å². The van der Waals surface area contributed by atoms with Gasteiger partial charge in [-0.3, -0.25) is 9.59 Å². The molecule has 0 spiro atoms. The van der Waals surface area contributed by atoms with Crippen LogP contribution in [-0.4, -0.2) is 28.6 Å². The van der Waals surface area contributed by atoms with Gasteiger partial charge in [-0.15, -0.1) is 0 Å². The molecule has 0 aliphatic carbocycles. The number of rotatable bonds is 5. The number of benzene rings is 1. The van der Waals surface area contributed by atoms with Gasteiger partial charge in [-0.2, -0.15) is 0 Å². The number of aromatic hydroxyl groups is 1. The first-order valence-corrected chi connectivity index (χ1v) is 6.59. The molecule has 104 valence electrons. The smallest absolute Gasteiger partial charge is 0.311 e. The van der Waals surface area contributed by atoms with Crippen molar-refractivity contribution in [1.82, 2.24) is 5.32 Å². The average Bonchev–Trinajstić information content (AvgIpc) is 2.35. The molecule has 5 nitrogen and oxygen atoms in total. The fourth-order valence-electron chi connectivity index (χ4n) is 1.42. The maximum atomic E-state index is 11.9. The third-order valence-corrected chi connectivity index (χ3v) is 3.63. The van der Waals surface area contributed by atoms with Crippen LogP contribution in [0.5, 0.6) is 5.75 Å². The molecule has 0 radical (unpaired) electrons. The number of hydrogen-bond acceptors (Lipinski definition) is 3. The standard InChI is InChI=1S/C13H16BrNO4/c1-3-13(2,12(18)19)7-15-11(17)9-5-4-8(14)6-10(9)16/h4-6,16H,3,7H2,1-2H3,(H,15,17)(H,18,19). The van der Waals surface area contributed by atoms with E-state index in [-0.39, 0.29) is 17.9 Å². The number of nitrogens with one attached hydrogen (secondary N) is 1. The molecule has 0 aromatic heterocycles. The number of carboxylic acids is 1. The van der Waals surface area contributed by atoms with E-state index in [4.69, 9.17) is 5.11 Å². The summed E-state index contributed by atoms with van der Waals surface area (Å²) < 4.78 is 0.658. The normalized spacial score (nSPS) is 13.6. The highest BCUT2D eigenvalue weighted by Gasteiger charge is 2.31. The molecule has 1 amide bonds. The van der Waals surface area contributed by atoms with Gasteiger partial charge in [0.1, 0.15) is 5.75 Å². The second-order valence-electron chi connectivity index (χ2n) is 4.56. The number of carbonyl (C=O) groups is 2. The van der Waals surface area contributed by atoms with Crippen LogP contribution in [0.2, 0.25) is 0 Å². The predicted octanol–water partition coefficient (Wildman–Crippen LogP) is 2.39. The summed E-state index contributed by atoms with van der Waals surface area (Å²) in [5.74, 6) is -1.61. The summed E-state index contributed by atoms with van der Waals surface area (Å²) in [6.45, 7) is 3.32. The summed E-state index contributed by atoms with van der Waals surface area (Å²) in [6.07, 6.45) is 0.398. The minimum Gasteiger partial charge on any atom is -0.507 e. The second-order valence-corrected chi connectivity index (χ2v) is 5.48. The number of carboxylic acid groups (broad SMARTS) is 1. The molecule has 3 N–H and O–H groups in total. The Labute approximate surface area is 119 Å². The zero-order valence-electron chi connectivity index (χ0n) is 10.7. The summed E-state index contributed by atoms with van der Waals surface area (Å²) in [4.78, 5) is 23.0. The molecule has 19 heavy (non-hydrogen) atoms. The first-order chi connectivity index (χ1) is 8.80. The highest BCUT2D eigenvalue weighted by molar-refractivity contribution is 9.10. The van der Waals surface area contributed by atoms with Crippen LogP contribution >= 0.6 is 15.9 Å². The summed E-state index contributed by atoms with van der Waals surface area (Å²) in [5, 5.41) is 21.3. The van der Waals surface area contributed by atoms with E-state index in [0.29, 0.717) is 10.9 Å². The molecule has 1 unspecified atom stereocenters. The molecule has 1 atom stereocenters. The fraction of sp³-hybridized carbons (Fsp3) is 0.385. The van der Waals surface area contributed by atoms with Gasteiger partial charge in [-0.05, 0) is 31.5 Å². The summed E-state index contributed by atoms with van der Waals surface area (Å²) in [6, 6.07) is 4.51. The summed E-state index contributed by atoms with van der Waals surface area (Å²) >= 11 is 3.18. The first-order valence-electron chi connectivity index (χ1n) is 5.80. The number of carbonyl (C=O) groups excluding carboxylic acids is 1. The van der Waals surface area contributed by atoms with E-state index in [9.17, 15) is 14.7 Å². The minimum atomic E-state index is -1.01. The van der Waals surface area contributed by atoms with Crippen molar-refractivity contribution in [1.29, 1.82) is 0 Å². The Bertz CT molecular complexity index is 503. The number of halogens is 1. The van der Waals surface area contributed by atoms with Crippen LogP contribution in [0.15, 0.2) is 22.7 Å². The molecule has 0 heterocycles. The molecule has 0 saturated heterocycles. The number of phenols is 1. The number of aliphatic carboxylic acids is 1. The van der Waals surface area contributed by atoms with Crippen molar-refractivity contribution in [2.45, 2.75) is 20.3 Å². The summed E-state index contributed by atoms with van der Waals surface area (Å²) in [5.41, 5.74) is -0.896. The van der Waals surface area contributed by atoms with Crippen molar-refractivity contribution in [2.24, 2.45) is 5.41 Å². The molecule has 0 fully saturated rings. The van der Waals surface area contributed by atoms with Gasteiger partial charge in [0.2, 0.25) is 0 Å². The maximum absolute atomic E-state index is 11.9. The van der Waals surface area contributed by atoms with Crippen LogP contribution < -0.4 is 5.32 Å². The van der Waals surface area contributed by atoms with Crippen molar-refractivity contribution in [2.75, 3.05) is 6.54 Å². The molecule has 0 bridgehead atoms. The minimum absolute atomic E-state index is 0.00711. The zero-order chi connectivity index (χ0) is 14.6. The van der Waals surface area contributed by atoms with E-state index in [1.54, 1.807) is 19.9 Å². The molecule has 1 aromatic rings. The van der Waals surface area contributed by atoms with E-state index < -0.39 is 17.3 Å². The number of hydrogen-bond donors (Lipinski definition) is 3. The molecule has 0 aliphatic heterocycles. The maximum Gasteiger partial charge on any atom is 0.311 e. The molecule has 0 saturated carbocycles. The monoisotopic (exact) mass is 329 g/mol. The topological polar surface area (TPSA) is 86.6 Å². The summed E-state index contributed by atoms with van der Waals surface area (Å²) in [7, 11) is 0. The van der Waals surface area contributed by atoms with E-state index in [1.807, 2.05) is 0 Å². The lowest BCUT2D eigenvalue weighted by atomic mass is 9.87. The van der Waals surface area contributed by atoms with Gasteiger partial charge >= 0.3 is 5.97 Å². The average molecular weight is 330 g/mol. The molecular weight excluding hydrogens is 314 g/mol. The predicted molar refractivity (Wildman–Crippen MR) is 74.2 cm³/mol. The van der Waals surface area contributed by atoms with Gasteiger partial charge < -0.3 is 15.5 Å². The van der Waals surface area contributed by atoms with Crippen molar-refractivity contribution in [3.05, 3.63) is 28.2 Å². The number of phenolic OH excluding ortho intramolecular Hbond substituents is 1. The Morgan fingerprint density at radius 2 is 2.05 bits per heavy atom. The quantitative estimate of drug-likeness (QED) is 0.774. The fourth-order valence-corrected chi connectivity index (χ4v) is 1.77. The van der Waals surface area contributed by atoms with E-state index in [0.717, 1.165) is 0 Å². The Hall–Kier alpha value is -1.56. The first kappa shape index (κ1) is 15.5. The zero-order valence-corrected chi connectivity index (χ0v) is 12.3. The third kappa shape index (κ3) is 3.70. The molecular formula is C13H16BrNO4. The largest absolute Gasteiger partial charge is 0.507 e. The molecule has 6 heteroatoms. The second kappa shape index (κ2) is 6.06. The van der Waals surface area contributed by atoms with Gasteiger partial charge in [-0.25, -0.2) is 0 Å². The van der Waals surface area contributed by atoms with Crippen LogP contribution in [0.25, 0.3) is 0 Å². The van der Waals surface area contributed by atoms with Gasteiger partial charge in [0, 0.05) is 11.0 Å². The molecule has 1 rings (SSSR count). The van der Waals surface area contributed by atoms with E-state index >= 15 is 0 Å². The highest BCUT2D eigenvalue weighted by Crippen LogP contribution is 2.23. The third-order valence-electron chi connectivity index (χ3n) is 3.14. The van der Waals surface area contributed by atoms with Crippen LogP contribution in [-0.2, 0) is 4.79 Å². The van der Waals surface area contributed by atoms with Crippen molar-refractivity contribution in [3.8, 4) is 5.75 Å². The SMILES string of the molecule is CCC(C)(CNC(=O)c1ccc(Br)cc1O)C(=O)O. The lowest BCUT2D eigenvalue weighted by Gasteiger charge is -2.23. The van der Waals surface area contributed by atoms with E-state index in [1.165, 1.54) is 12.1 Å². The van der Waals surface area contributed by atoms with Crippen molar-refractivity contribution >= 4 is 27.8 Å². The van der Waals surface area contributed by atoms with Crippen LogP contribution in [0.1, 0.15) is 30.6 Å². The van der Waals surface area contributed by atoms with Crippen molar-refractivity contribution < 1.29 is 19.8 Å². The van der Waals surface area contributed by atoms with Crippen LogP contribution in [0.4, 0.5) is 0 Å². The molecule has 1 aromatic carbocycles. The lowest BCUT2D eigenvalue weighted by Crippen LogP contribution is -2.40. The van der Waals surface area contributed by atoms with Gasteiger partial charge in [0.25, 0.3) is 5.91 Å².